The Hall–Kier alpha value is -1.23. The van der Waals surface area contributed by atoms with Crippen LogP contribution >= 0.6 is 23.3 Å². The summed E-state index contributed by atoms with van der Waals surface area (Å²) in [6.07, 6.45) is -0.412. The molecule has 4 N–H and O–H groups in total. The van der Waals surface area contributed by atoms with E-state index in [9.17, 15) is 23.5 Å². The summed E-state index contributed by atoms with van der Waals surface area (Å²) in [4.78, 5) is 23.8. The van der Waals surface area contributed by atoms with Gasteiger partial charge in [0.2, 0.25) is 5.91 Å². The van der Waals surface area contributed by atoms with Crippen LogP contribution in [0.15, 0.2) is 10.3 Å². The summed E-state index contributed by atoms with van der Waals surface area (Å²) in [6, 6.07) is 1.55. The number of rotatable bonds is 6. The minimum Gasteiger partial charge on any atom is -0.395 e. The number of alkyl halides is 2. The first-order valence-electron chi connectivity index (χ1n) is 7.71. The maximum Gasteiger partial charge on any atom is 0.251 e. The zero-order valence-corrected chi connectivity index (χ0v) is 15.6. The van der Waals surface area contributed by atoms with Gasteiger partial charge in [0.1, 0.15) is 5.00 Å². The van der Waals surface area contributed by atoms with Crippen molar-refractivity contribution in [2.75, 3.05) is 25.0 Å². The van der Waals surface area contributed by atoms with Crippen molar-refractivity contribution in [1.29, 1.82) is 0 Å². The molecule has 0 spiro atoms. The van der Waals surface area contributed by atoms with Gasteiger partial charge < -0.3 is 16.2 Å². The molecule has 0 bridgehead atoms. The van der Waals surface area contributed by atoms with Gasteiger partial charge in [0.15, 0.2) is 0 Å². The second kappa shape index (κ2) is 7.56. The summed E-state index contributed by atoms with van der Waals surface area (Å²) in [7, 11) is 0. The molecular formula is C15H21F2N3O3S2. The predicted molar refractivity (Wildman–Crippen MR) is 93.9 cm³/mol. The molecule has 0 atom stereocenters. The summed E-state index contributed by atoms with van der Waals surface area (Å²) in [6.45, 7) is 3.27. The van der Waals surface area contributed by atoms with E-state index >= 15 is 0 Å². The lowest BCUT2D eigenvalue weighted by Crippen LogP contribution is -2.35. The van der Waals surface area contributed by atoms with Crippen molar-refractivity contribution in [2.45, 2.75) is 36.8 Å². The lowest BCUT2D eigenvalue weighted by Gasteiger charge is -2.30. The van der Waals surface area contributed by atoms with Crippen LogP contribution in [0.3, 0.4) is 0 Å². The topological polar surface area (TPSA) is 95.7 Å². The monoisotopic (exact) mass is 393 g/mol. The van der Waals surface area contributed by atoms with E-state index in [1.54, 1.807) is 24.2 Å². The Morgan fingerprint density at radius 3 is 2.56 bits per heavy atom. The maximum atomic E-state index is 13.2. The number of carbonyl (C=O) groups excluding carboxylic acids is 2. The number of nitrogens with two attached hydrogens (primary N) is 1. The molecule has 1 aliphatic rings. The highest BCUT2D eigenvalue weighted by atomic mass is 32.2. The van der Waals surface area contributed by atoms with E-state index in [4.69, 9.17) is 5.73 Å². The molecule has 1 aromatic rings. The average molecular weight is 393 g/mol. The Morgan fingerprint density at radius 1 is 1.44 bits per heavy atom. The first-order valence-corrected chi connectivity index (χ1v) is 9.30. The first-order chi connectivity index (χ1) is 11.5. The number of primary amides is 1. The molecule has 1 saturated heterocycles. The van der Waals surface area contributed by atoms with E-state index < -0.39 is 23.2 Å². The summed E-state index contributed by atoms with van der Waals surface area (Å²) < 4.78 is 28.9. The minimum atomic E-state index is -2.63. The fourth-order valence-corrected chi connectivity index (χ4v) is 4.36. The molecule has 0 unspecified atom stereocenters. The molecular weight excluding hydrogens is 372 g/mol. The summed E-state index contributed by atoms with van der Waals surface area (Å²) in [5, 5.41) is 12.2. The van der Waals surface area contributed by atoms with E-state index in [-0.39, 0.29) is 38.1 Å². The molecule has 0 saturated carbocycles. The third kappa shape index (κ3) is 5.13. The van der Waals surface area contributed by atoms with E-state index in [1.165, 1.54) is 11.9 Å². The molecule has 0 aliphatic carbocycles. The number of piperidine rings is 1. The van der Waals surface area contributed by atoms with E-state index in [1.807, 2.05) is 0 Å². The van der Waals surface area contributed by atoms with Gasteiger partial charge in [-0.1, -0.05) is 0 Å². The quantitative estimate of drug-likeness (QED) is 0.646. The van der Waals surface area contributed by atoms with Crippen LogP contribution in [0.5, 0.6) is 0 Å². The summed E-state index contributed by atoms with van der Waals surface area (Å²) in [5.74, 6) is -3.75. The molecule has 1 aliphatic heterocycles. The summed E-state index contributed by atoms with van der Waals surface area (Å²) in [5.41, 5.74) is 4.51. The third-order valence-electron chi connectivity index (χ3n) is 3.88. The molecule has 140 valence electrons. The Kier molecular flexibility index (Phi) is 6.08. The van der Waals surface area contributed by atoms with Crippen molar-refractivity contribution in [2.24, 2.45) is 11.1 Å². The van der Waals surface area contributed by atoms with Crippen molar-refractivity contribution in [1.82, 2.24) is 4.31 Å². The van der Waals surface area contributed by atoms with Gasteiger partial charge in [0, 0.05) is 25.9 Å². The molecule has 2 heterocycles. The van der Waals surface area contributed by atoms with E-state index in [0.717, 1.165) is 11.3 Å². The number of anilines is 1. The van der Waals surface area contributed by atoms with Crippen LogP contribution in [0, 0.1) is 5.41 Å². The van der Waals surface area contributed by atoms with Crippen molar-refractivity contribution < 1.29 is 23.5 Å². The van der Waals surface area contributed by atoms with E-state index in [0.29, 0.717) is 9.21 Å². The number of aliphatic hydroxyl groups excluding tert-OH is 1. The Balaban J connectivity index is 2.11. The van der Waals surface area contributed by atoms with Gasteiger partial charge in [-0.3, -0.25) is 9.59 Å². The maximum absolute atomic E-state index is 13.2. The zero-order chi connectivity index (χ0) is 18.8. The average Bonchev–Trinajstić information content (AvgIpc) is 2.92. The van der Waals surface area contributed by atoms with Crippen molar-refractivity contribution in [3.8, 4) is 0 Å². The normalized spacial score (nSPS) is 18.1. The number of amides is 2. The number of hydrogen-bond donors (Lipinski definition) is 3. The third-order valence-corrected chi connectivity index (χ3v) is 6.12. The van der Waals surface area contributed by atoms with Crippen LogP contribution in [0.2, 0.25) is 0 Å². The molecule has 25 heavy (non-hydrogen) atoms. The van der Waals surface area contributed by atoms with Gasteiger partial charge in [0.05, 0.1) is 21.8 Å². The van der Waals surface area contributed by atoms with Crippen LogP contribution in [-0.4, -0.2) is 46.8 Å². The molecule has 10 heteroatoms. The largest absolute Gasteiger partial charge is 0.395 e. The lowest BCUT2D eigenvalue weighted by molar-refractivity contribution is -0.125. The molecule has 2 rings (SSSR count). The Labute approximate surface area is 152 Å². The van der Waals surface area contributed by atoms with Gasteiger partial charge in [-0.15, -0.1) is 11.3 Å². The van der Waals surface area contributed by atoms with Gasteiger partial charge in [-0.25, -0.2) is 13.1 Å². The van der Waals surface area contributed by atoms with Gasteiger partial charge in [-0.05, 0) is 31.9 Å². The number of aliphatic hydroxyl groups is 1. The number of hydrogen-bond acceptors (Lipinski definition) is 6. The minimum absolute atomic E-state index is 0.164. The highest BCUT2D eigenvalue weighted by Gasteiger charge is 2.35. The van der Waals surface area contributed by atoms with Crippen molar-refractivity contribution in [3.63, 3.8) is 0 Å². The fraction of sp³-hybridized carbons (Fsp3) is 0.600. The van der Waals surface area contributed by atoms with Crippen LogP contribution in [0.1, 0.15) is 37.0 Å². The van der Waals surface area contributed by atoms with Gasteiger partial charge >= 0.3 is 0 Å². The van der Waals surface area contributed by atoms with E-state index in [2.05, 4.69) is 5.32 Å². The number of nitrogens with zero attached hydrogens (tertiary/aromatic N) is 1. The first kappa shape index (κ1) is 20.1. The molecule has 1 fully saturated rings. The zero-order valence-electron chi connectivity index (χ0n) is 14.0. The smallest absolute Gasteiger partial charge is 0.251 e. The number of halogens is 2. The molecule has 0 aromatic carbocycles. The van der Waals surface area contributed by atoms with Gasteiger partial charge in [-0.2, -0.15) is 0 Å². The number of nitrogens with one attached hydrogen (secondary N) is 1. The van der Waals surface area contributed by atoms with Gasteiger partial charge in [0.25, 0.3) is 11.8 Å². The second-order valence-corrected chi connectivity index (χ2v) is 8.99. The predicted octanol–water partition coefficient (Wildman–Crippen LogP) is 2.54. The SMILES string of the molecule is CC(C)(CO)C(=O)Nc1sc(SN2CCC(F)(F)CC2)cc1C(N)=O. The van der Waals surface area contributed by atoms with Crippen molar-refractivity contribution >= 4 is 40.1 Å². The molecule has 2 amide bonds. The molecule has 6 nitrogen and oxygen atoms in total. The number of thiophene rings is 1. The van der Waals surface area contributed by atoms with Crippen LogP contribution < -0.4 is 11.1 Å². The Bertz CT molecular complexity index is 654. The van der Waals surface area contributed by atoms with Crippen LogP contribution in [0.4, 0.5) is 13.8 Å². The highest BCUT2D eigenvalue weighted by Crippen LogP contribution is 2.39. The standard InChI is InChI=1S/C15H21F2N3O3S2/c1-14(2,8-21)13(23)19-12-9(11(18)22)7-10(24-12)25-20-5-3-15(16,17)4-6-20/h7,21H,3-6,8H2,1-2H3,(H2,18,22)(H,19,23). The fourth-order valence-electron chi connectivity index (χ4n) is 2.07. The lowest BCUT2D eigenvalue weighted by atomic mass is 9.94. The van der Waals surface area contributed by atoms with Crippen molar-refractivity contribution in [3.05, 3.63) is 11.6 Å². The molecule has 0 radical (unpaired) electrons. The highest BCUT2D eigenvalue weighted by molar-refractivity contribution is 7.99. The second-order valence-electron chi connectivity index (χ2n) is 6.54. The van der Waals surface area contributed by atoms with Crippen LogP contribution in [-0.2, 0) is 4.79 Å². The Morgan fingerprint density at radius 2 is 2.04 bits per heavy atom. The number of carbonyl (C=O) groups is 2. The summed E-state index contributed by atoms with van der Waals surface area (Å²) >= 11 is 2.42. The molecule has 1 aromatic heterocycles. The van der Waals surface area contributed by atoms with Crippen LogP contribution in [0.25, 0.3) is 0 Å².